The van der Waals surface area contributed by atoms with Crippen LogP contribution in [-0.4, -0.2) is 43.6 Å². The van der Waals surface area contributed by atoms with Crippen molar-refractivity contribution < 1.29 is 9.18 Å². The minimum absolute atomic E-state index is 0.0485. The van der Waals surface area contributed by atoms with E-state index < -0.39 is 0 Å². The van der Waals surface area contributed by atoms with Crippen molar-refractivity contribution in [2.75, 3.05) is 18.4 Å². The highest BCUT2D eigenvalue weighted by molar-refractivity contribution is 5.76. The maximum absolute atomic E-state index is 13.7. The molecule has 1 N–H and O–H groups in total. The van der Waals surface area contributed by atoms with Crippen molar-refractivity contribution in [3.63, 3.8) is 0 Å². The van der Waals surface area contributed by atoms with Gasteiger partial charge >= 0.3 is 0 Å². The quantitative estimate of drug-likeness (QED) is 0.594. The Morgan fingerprint density at radius 3 is 2.84 bits per heavy atom. The second kappa shape index (κ2) is 9.46. The number of carbonyl (C=O) groups is 1. The van der Waals surface area contributed by atoms with Crippen molar-refractivity contribution in [1.82, 2.24) is 24.6 Å². The lowest BCUT2D eigenvalue weighted by Gasteiger charge is -2.32. The number of rotatable bonds is 6. The lowest BCUT2D eigenvalue weighted by Crippen LogP contribution is -2.39. The molecule has 0 spiro atoms. The van der Waals surface area contributed by atoms with E-state index in [1.807, 2.05) is 28.8 Å². The fourth-order valence-electron chi connectivity index (χ4n) is 3.97. The molecule has 3 aromatic rings. The average molecular weight is 437 g/mol. The summed E-state index contributed by atoms with van der Waals surface area (Å²) in [5.41, 5.74) is 2.26. The Morgan fingerprint density at radius 1 is 1.28 bits per heavy atom. The number of aromatic nitrogens is 4. The first-order valence-electron chi connectivity index (χ1n) is 11.2. The van der Waals surface area contributed by atoms with Gasteiger partial charge in [-0.15, -0.1) is 0 Å². The predicted molar refractivity (Wildman–Crippen MR) is 122 cm³/mol. The van der Waals surface area contributed by atoms with E-state index in [1.165, 1.54) is 12.1 Å². The van der Waals surface area contributed by atoms with E-state index in [-0.39, 0.29) is 23.7 Å². The first kappa shape index (κ1) is 21.9. The second-order valence-corrected chi connectivity index (χ2v) is 8.47. The van der Waals surface area contributed by atoms with Gasteiger partial charge in [-0.2, -0.15) is 5.10 Å². The Labute approximate surface area is 187 Å². The smallest absolute Gasteiger partial charge is 0.222 e. The summed E-state index contributed by atoms with van der Waals surface area (Å²) in [5, 5.41) is 7.65. The molecule has 1 unspecified atom stereocenters. The van der Waals surface area contributed by atoms with E-state index in [9.17, 15) is 9.18 Å². The summed E-state index contributed by atoms with van der Waals surface area (Å²) in [4.78, 5) is 23.8. The van der Waals surface area contributed by atoms with Gasteiger partial charge in [-0.3, -0.25) is 9.48 Å². The van der Waals surface area contributed by atoms with Gasteiger partial charge in [0, 0.05) is 55.0 Å². The summed E-state index contributed by atoms with van der Waals surface area (Å²) in [6.45, 7) is 7.41. The molecule has 168 valence electrons. The summed E-state index contributed by atoms with van der Waals surface area (Å²) < 4.78 is 15.6. The molecule has 1 saturated heterocycles. The van der Waals surface area contributed by atoms with Crippen molar-refractivity contribution in [2.45, 2.75) is 52.0 Å². The predicted octanol–water partition coefficient (Wildman–Crippen LogP) is 4.92. The number of nitrogens with zero attached hydrogens (tertiary/aromatic N) is 5. The molecule has 0 saturated carbocycles. The van der Waals surface area contributed by atoms with Gasteiger partial charge in [0.1, 0.15) is 17.5 Å². The molecule has 2 aromatic heterocycles. The van der Waals surface area contributed by atoms with E-state index in [0.29, 0.717) is 30.3 Å². The SMILES string of the molecule is CCC(=O)N1CCCC(c2nc(Nc3cccc(F)c3)cc(-c3cnn(C(C)C)c3)n2)C1. The molecule has 1 aliphatic rings. The van der Waals surface area contributed by atoms with E-state index in [1.54, 1.807) is 18.3 Å². The number of benzene rings is 1. The molecular formula is C24H29FN6O. The number of hydrogen-bond acceptors (Lipinski definition) is 5. The van der Waals surface area contributed by atoms with Crippen molar-refractivity contribution in [2.24, 2.45) is 0 Å². The summed E-state index contributed by atoms with van der Waals surface area (Å²) in [6, 6.07) is 8.38. The first-order chi connectivity index (χ1) is 15.4. The molecule has 8 heteroatoms. The zero-order valence-electron chi connectivity index (χ0n) is 18.8. The number of carbonyl (C=O) groups excluding carboxylic acids is 1. The van der Waals surface area contributed by atoms with Crippen LogP contribution in [0.1, 0.15) is 57.8 Å². The highest BCUT2D eigenvalue weighted by atomic mass is 19.1. The van der Waals surface area contributed by atoms with Gasteiger partial charge in [0.2, 0.25) is 5.91 Å². The largest absolute Gasteiger partial charge is 0.342 e. The van der Waals surface area contributed by atoms with Gasteiger partial charge in [-0.25, -0.2) is 14.4 Å². The molecule has 1 aliphatic heterocycles. The zero-order valence-corrected chi connectivity index (χ0v) is 18.8. The number of nitrogens with one attached hydrogen (secondary N) is 1. The number of anilines is 2. The third-order valence-electron chi connectivity index (χ3n) is 5.71. The van der Waals surface area contributed by atoms with Gasteiger partial charge in [0.05, 0.1) is 11.9 Å². The average Bonchev–Trinajstić information content (AvgIpc) is 3.29. The zero-order chi connectivity index (χ0) is 22.7. The van der Waals surface area contributed by atoms with Gasteiger partial charge in [-0.1, -0.05) is 13.0 Å². The summed E-state index contributed by atoms with van der Waals surface area (Å²) >= 11 is 0. The molecule has 1 atom stereocenters. The van der Waals surface area contributed by atoms with Crippen LogP contribution in [0.25, 0.3) is 11.3 Å². The summed E-state index contributed by atoms with van der Waals surface area (Å²) in [6.07, 6.45) is 6.10. The van der Waals surface area contributed by atoms with E-state index in [0.717, 1.165) is 30.6 Å². The van der Waals surface area contributed by atoms with Crippen LogP contribution >= 0.6 is 0 Å². The van der Waals surface area contributed by atoms with Gasteiger partial charge in [-0.05, 0) is 44.9 Å². The van der Waals surface area contributed by atoms with Crippen molar-refractivity contribution in [1.29, 1.82) is 0 Å². The fourth-order valence-corrected chi connectivity index (χ4v) is 3.97. The lowest BCUT2D eigenvalue weighted by atomic mass is 9.96. The molecule has 0 bridgehead atoms. The molecule has 1 amide bonds. The number of halogens is 1. The Bertz CT molecular complexity index is 1100. The summed E-state index contributed by atoms with van der Waals surface area (Å²) in [5.74, 6) is 1.16. The van der Waals surface area contributed by atoms with Crippen molar-refractivity contribution in [3.8, 4) is 11.3 Å². The highest BCUT2D eigenvalue weighted by Crippen LogP contribution is 2.29. The number of amides is 1. The van der Waals surface area contributed by atoms with Crippen LogP contribution in [0.3, 0.4) is 0 Å². The first-order valence-corrected chi connectivity index (χ1v) is 11.2. The minimum atomic E-state index is -0.316. The molecule has 7 nitrogen and oxygen atoms in total. The molecule has 32 heavy (non-hydrogen) atoms. The fraction of sp³-hybridized carbons (Fsp3) is 0.417. The lowest BCUT2D eigenvalue weighted by molar-refractivity contribution is -0.132. The Balaban J connectivity index is 1.70. The normalized spacial score (nSPS) is 16.4. The van der Waals surface area contributed by atoms with Gasteiger partial charge in [0.15, 0.2) is 0 Å². The van der Waals surface area contributed by atoms with Crippen LogP contribution in [0.15, 0.2) is 42.7 Å². The van der Waals surface area contributed by atoms with Crippen LogP contribution in [0.4, 0.5) is 15.9 Å². The maximum atomic E-state index is 13.7. The maximum Gasteiger partial charge on any atom is 0.222 e. The Kier molecular flexibility index (Phi) is 6.48. The monoisotopic (exact) mass is 436 g/mol. The van der Waals surface area contributed by atoms with Gasteiger partial charge < -0.3 is 10.2 Å². The van der Waals surface area contributed by atoms with Crippen LogP contribution in [0.5, 0.6) is 0 Å². The third-order valence-corrected chi connectivity index (χ3v) is 5.71. The summed E-state index contributed by atoms with van der Waals surface area (Å²) in [7, 11) is 0. The number of likely N-dealkylation sites (tertiary alicyclic amines) is 1. The highest BCUT2D eigenvalue weighted by Gasteiger charge is 2.26. The van der Waals surface area contributed by atoms with E-state index >= 15 is 0 Å². The van der Waals surface area contributed by atoms with Crippen LogP contribution in [0, 0.1) is 5.82 Å². The third kappa shape index (κ3) is 4.95. The number of hydrogen-bond donors (Lipinski definition) is 1. The molecule has 1 fully saturated rings. The second-order valence-electron chi connectivity index (χ2n) is 8.47. The minimum Gasteiger partial charge on any atom is -0.342 e. The molecule has 0 aliphatic carbocycles. The van der Waals surface area contributed by atoms with Crippen molar-refractivity contribution >= 4 is 17.4 Å². The van der Waals surface area contributed by atoms with Crippen LogP contribution in [-0.2, 0) is 4.79 Å². The Morgan fingerprint density at radius 2 is 2.12 bits per heavy atom. The Hall–Kier alpha value is -3.29. The van der Waals surface area contributed by atoms with Crippen LogP contribution in [0.2, 0.25) is 0 Å². The topological polar surface area (TPSA) is 75.9 Å². The van der Waals surface area contributed by atoms with Crippen LogP contribution < -0.4 is 5.32 Å². The molecule has 4 rings (SSSR count). The standard InChI is InChI=1S/C24H29FN6O/c1-4-23(32)30-10-6-7-17(14-30)24-28-21(18-13-26-31(15-18)16(2)3)12-22(29-24)27-20-9-5-8-19(25)11-20/h5,8-9,11-13,15-17H,4,6-7,10,14H2,1-3H3,(H,27,28,29). The number of piperidine rings is 1. The molecule has 0 radical (unpaired) electrons. The van der Waals surface area contributed by atoms with Gasteiger partial charge in [0.25, 0.3) is 0 Å². The van der Waals surface area contributed by atoms with E-state index in [2.05, 4.69) is 24.3 Å². The molecule has 1 aromatic carbocycles. The van der Waals surface area contributed by atoms with E-state index in [4.69, 9.17) is 9.97 Å². The molecule has 3 heterocycles. The molecular weight excluding hydrogens is 407 g/mol. The van der Waals surface area contributed by atoms with Crippen molar-refractivity contribution in [3.05, 3.63) is 54.4 Å².